The molecule has 0 atom stereocenters. The van der Waals surface area contributed by atoms with Crippen LogP contribution in [0.25, 0.3) is 0 Å². The standard InChI is InChI=1S/C14H18N4/c1-17-8-10-18(11-9-17)14-6-7-15-12-4-2-3-5-13(12)16-14/h2-5,7H,6,8-11H2,1H3. The van der Waals surface area contributed by atoms with Gasteiger partial charge in [0.2, 0.25) is 0 Å². The van der Waals surface area contributed by atoms with Gasteiger partial charge in [-0.25, -0.2) is 4.99 Å². The number of fused-ring (bicyclic) bond motifs is 1. The van der Waals surface area contributed by atoms with Crippen LogP contribution in [-0.2, 0) is 0 Å². The summed E-state index contributed by atoms with van der Waals surface area (Å²) in [5.74, 6) is 1.15. The Morgan fingerprint density at radius 1 is 1.00 bits per heavy atom. The van der Waals surface area contributed by atoms with Crippen LogP contribution in [0.3, 0.4) is 0 Å². The van der Waals surface area contributed by atoms with E-state index in [-0.39, 0.29) is 0 Å². The maximum Gasteiger partial charge on any atom is 0.110 e. The molecule has 0 radical (unpaired) electrons. The number of amidine groups is 1. The third-order valence-corrected chi connectivity index (χ3v) is 3.50. The molecule has 0 spiro atoms. The van der Waals surface area contributed by atoms with Crippen LogP contribution in [-0.4, -0.2) is 55.1 Å². The van der Waals surface area contributed by atoms with Crippen molar-refractivity contribution < 1.29 is 0 Å². The summed E-state index contributed by atoms with van der Waals surface area (Å²) in [6.07, 6.45) is 2.81. The second-order valence-electron chi connectivity index (χ2n) is 4.82. The van der Waals surface area contributed by atoms with Crippen LogP contribution in [0.15, 0.2) is 34.3 Å². The van der Waals surface area contributed by atoms with Crippen LogP contribution in [0.1, 0.15) is 6.42 Å². The first-order valence-corrected chi connectivity index (χ1v) is 6.45. The van der Waals surface area contributed by atoms with Crippen LogP contribution in [0.5, 0.6) is 0 Å². The minimum atomic E-state index is 0.832. The van der Waals surface area contributed by atoms with Crippen molar-refractivity contribution in [3.8, 4) is 0 Å². The predicted molar refractivity (Wildman–Crippen MR) is 75.4 cm³/mol. The van der Waals surface area contributed by atoms with Crippen molar-refractivity contribution in [2.24, 2.45) is 9.98 Å². The molecule has 18 heavy (non-hydrogen) atoms. The smallest absolute Gasteiger partial charge is 0.110 e. The lowest BCUT2D eigenvalue weighted by Crippen LogP contribution is -2.47. The number of aliphatic imine (C=N–C) groups is 2. The van der Waals surface area contributed by atoms with Crippen LogP contribution in [0, 0.1) is 0 Å². The number of nitrogens with zero attached hydrogens (tertiary/aromatic N) is 4. The highest BCUT2D eigenvalue weighted by atomic mass is 15.3. The Morgan fingerprint density at radius 3 is 2.50 bits per heavy atom. The highest BCUT2D eigenvalue weighted by Gasteiger charge is 2.18. The normalized spacial score (nSPS) is 20.3. The molecule has 2 heterocycles. The molecule has 1 aromatic carbocycles. The average molecular weight is 242 g/mol. The van der Waals surface area contributed by atoms with Crippen LogP contribution in [0.2, 0.25) is 0 Å². The lowest BCUT2D eigenvalue weighted by atomic mass is 10.2. The van der Waals surface area contributed by atoms with E-state index >= 15 is 0 Å². The number of hydrogen-bond donors (Lipinski definition) is 0. The van der Waals surface area contributed by atoms with Crippen molar-refractivity contribution in [2.75, 3.05) is 33.2 Å². The van der Waals surface area contributed by atoms with Gasteiger partial charge in [0.15, 0.2) is 0 Å². The maximum atomic E-state index is 4.79. The first-order chi connectivity index (χ1) is 8.83. The first kappa shape index (κ1) is 11.4. The minimum Gasteiger partial charge on any atom is -0.357 e. The largest absolute Gasteiger partial charge is 0.357 e. The van der Waals surface area contributed by atoms with E-state index in [2.05, 4.69) is 21.8 Å². The summed E-state index contributed by atoms with van der Waals surface area (Å²) >= 11 is 0. The molecule has 1 saturated heterocycles. The Labute approximate surface area is 108 Å². The molecule has 4 heteroatoms. The summed E-state index contributed by atoms with van der Waals surface area (Å²) in [5, 5.41) is 0. The summed E-state index contributed by atoms with van der Waals surface area (Å²) < 4.78 is 0. The fourth-order valence-corrected chi connectivity index (χ4v) is 2.34. The molecule has 2 aliphatic heterocycles. The Hall–Kier alpha value is -1.68. The van der Waals surface area contributed by atoms with Crippen LogP contribution in [0.4, 0.5) is 11.4 Å². The molecule has 0 N–H and O–H groups in total. The van der Waals surface area contributed by atoms with Crippen molar-refractivity contribution in [3.63, 3.8) is 0 Å². The molecule has 1 fully saturated rings. The molecule has 94 valence electrons. The maximum absolute atomic E-state index is 4.79. The van der Waals surface area contributed by atoms with E-state index in [9.17, 15) is 0 Å². The zero-order valence-electron chi connectivity index (χ0n) is 10.7. The number of rotatable bonds is 0. The van der Waals surface area contributed by atoms with Crippen LogP contribution >= 0.6 is 0 Å². The molecule has 1 aromatic rings. The van der Waals surface area contributed by atoms with E-state index in [1.54, 1.807) is 0 Å². The molecule has 0 amide bonds. The summed E-state index contributed by atoms with van der Waals surface area (Å²) in [6, 6.07) is 8.08. The van der Waals surface area contributed by atoms with Gasteiger partial charge >= 0.3 is 0 Å². The average Bonchev–Trinajstić information content (AvgIpc) is 2.61. The van der Waals surface area contributed by atoms with Gasteiger partial charge in [0.1, 0.15) is 5.84 Å². The van der Waals surface area contributed by atoms with E-state index in [4.69, 9.17) is 4.99 Å². The fourth-order valence-electron chi connectivity index (χ4n) is 2.34. The molecule has 0 bridgehead atoms. The summed E-state index contributed by atoms with van der Waals surface area (Å²) in [4.78, 5) is 14.0. The highest BCUT2D eigenvalue weighted by molar-refractivity contribution is 5.98. The van der Waals surface area contributed by atoms with Gasteiger partial charge in [0.25, 0.3) is 0 Å². The van der Waals surface area contributed by atoms with Gasteiger partial charge < -0.3 is 9.80 Å². The van der Waals surface area contributed by atoms with Crippen molar-refractivity contribution in [2.45, 2.75) is 6.42 Å². The topological polar surface area (TPSA) is 31.2 Å². The minimum absolute atomic E-state index is 0.832. The number of benzene rings is 1. The fraction of sp³-hybridized carbons (Fsp3) is 0.429. The number of likely N-dealkylation sites (N-methyl/N-ethyl adjacent to an activating group) is 1. The third-order valence-electron chi connectivity index (χ3n) is 3.50. The van der Waals surface area contributed by atoms with Crippen LogP contribution < -0.4 is 0 Å². The molecule has 0 saturated carbocycles. The van der Waals surface area contributed by atoms with Gasteiger partial charge in [0.05, 0.1) is 11.4 Å². The molecular formula is C14H18N4. The first-order valence-electron chi connectivity index (χ1n) is 6.45. The predicted octanol–water partition coefficient (Wildman–Crippen LogP) is 2.07. The van der Waals surface area contributed by atoms with Crippen molar-refractivity contribution in [3.05, 3.63) is 24.3 Å². The summed E-state index contributed by atoms with van der Waals surface area (Å²) in [7, 11) is 2.17. The van der Waals surface area contributed by atoms with Gasteiger partial charge in [-0.15, -0.1) is 0 Å². The molecule has 2 aliphatic rings. The van der Waals surface area contributed by atoms with Gasteiger partial charge in [-0.1, -0.05) is 12.1 Å². The molecule has 4 nitrogen and oxygen atoms in total. The van der Waals surface area contributed by atoms with Gasteiger partial charge in [-0.2, -0.15) is 0 Å². The van der Waals surface area contributed by atoms with Crippen molar-refractivity contribution in [1.29, 1.82) is 0 Å². The monoisotopic (exact) mass is 242 g/mol. The second-order valence-corrected chi connectivity index (χ2v) is 4.82. The highest BCUT2D eigenvalue weighted by Crippen LogP contribution is 2.29. The van der Waals surface area contributed by atoms with E-state index in [1.807, 2.05) is 30.5 Å². The van der Waals surface area contributed by atoms with Gasteiger partial charge in [-0.05, 0) is 19.2 Å². The molecular weight excluding hydrogens is 224 g/mol. The zero-order valence-corrected chi connectivity index (χ0v) is 10.7. The SMILES string of the molecule is CN1CCN(C2=Nc3ccccc3N=CC2)CC1. The number of para-hydroxylation sites is 2. The molecule has 0 unspecified atom stereocenters. The quantitative estimate of drug-likeness (QED) is 0.697. The van der Waals surface area contributed by atoms with Gasteiger partial charge in [-0.3, -0.25) is 4.99 Å². The van der Waals surface area contributed by atoms with E-state index in [0.29, 0.717) is 0 Å². The summed E-state index contributed by atoms with van der Waals surface area (Å²) in [6.45, 7) is 4.34. The number of hydrogen-bond acceptors (Lipinski definition) is 4. The Balaban J connectivity index is 1.86. The molecule has 0 aliphatic carbocycles. The van der Waals surface area contributed by atoms with Crippen molar-refractivity contribution in [1.82, 2.24) is 9.80 Å². The van der Waals surface area contributed by atoms with E-state index < -0.39 is 0 Å². The Bertz CT molecular complexity index is 484. The Kier molecular flexibility index (Phi) is 3.11. The molecule has 0 aromatic heterocycles. The lowest BCUT2D eigenvalue weighted by Gasteiger charge is -2.34. The number of piperazine rings is 1. The third kappa shape index (κ3) is 2.29. The lowest BCUT2D eigenvalue weighted by molar-refractivity contribution is 0.214. The molecule has 3 rings (SSSR count). The summed E-state index contributed by atoms with van der Waals surface area (Å²) in [5.41, 5.74) is 1.96. The second kappa shape index (κ2) is 4.90. The zero-order chi connectivity index (χ0) is 12.4. The van der Waals surface area contributed by atoms with Gasteiger partial charge in [0, 0.05) is 38.8 Å². The van der Waals surface area contributed by atoms with E-state index in [1.165, 1.54) is 0 Å². The Morgan fingerprint density at radius 2 is 1.72 bits per heavy atom. The van der Waals surface area contributed by atoms with E-state index in [0.717, 1.165) is 49.8 Å². The van der Waals surface area contributed by atoms with Crippen molar-refractivity contribution >= 4 is 23.4 Å².